The van der Waals surface area contributed by atoms with Gasteiger partial charge in [-0.15, -0.1) is 24.0 Å². The van der Waals surface area contributed by atoms with Crippen LogP contribution in [0.15, 0.2) is 91.0 Å². The SMILES string of the molecule is Cl.ClC(c1ccccc1)c1cccc(C=Cc2ccc3ccccc3n2)c1. The molecule has 1 nitrogen and oxygen atoms in total. The molecule has 1 heterocycles. The lowest BCUT2D eigenvalue weighted by atomic mass is 10.0. The molecule has 0 spiro atoms. The van der Waals surface area contributed by atoms with E-state index in [0.717, 1.165) is 33.3 Å². The van der Waals surface area contributed by atoms with Crippen LogP contribution in [0.1, 0.15) is 27.8 Å². The van der Waals surface area contributed by atoms with Gasteiger partial charge in [0.05, 0.1) is 16.6 Å². The Kier molecular flexibility index (Phi) is 6.28. The van der Waals surface area contributed by atoms with Crippen LogP contribution in [0.3, 0.4) is 0 Å². The lowest BCUT2D eigenvalue weighted by Gasteiger charge is -2.10. The number of nitrogens with zero attached hydrogens (tertiary/aromatic N) is 1. The van der Waals surface area contributed by atoms with Crippen molar-refractivity contribution >= 4 is 47.1 Å². The van der Waals surface area contributed by atoms with Crippen molar-refractivity contribution in [2.24, 2.45) is 0 Å². The predicted octanol–water partition coefficient (Wildman–Crippen LogP) is 7.16. The average molecular weight is 392 g/mol. The average Bonchev–Trinajstić information content (AvgIpc) is 2.72. The number of alkyl halides is 1. The second-order valence-corrected chi connectivity index (χ2v) is 6.64. The van der Waals surface area contributed by atoms with Crippen LogP contribution in [-0.4, -0.2) is 4.98 Å². The highest BCUT2D eigenvalue weighted by Crippen LogP contribution is 2.29. The Hall–Kier alpha value is -2.61. The highest BCUT2D eigenvalue weighted by atomic mass is 35.5. The number of pyridine rings is 1. The molecule has 0 aliphatic rings. The maximum absolute atomic E-state index is 6.65. The van der Waals surface area contributed by atoms with E-state index in [1.54, 1.807) is 0 Å². The van der Waals surface area contributed by atoms with Crippen molar-refractivity contribution in [1.29, 1.82) is 0 Å². The number of halogens is 2. The van der Waals surface area contributed by atoms with Gasteiger partial charge in [0.2, 0.25) is 0 Å². The number of aromatic nitrogens is 1. The second-order valence-electron chi connectivity index (χ2n) is 6.21. The quantitative estimate of drug-likeness (QED) is 0.336. The van der Waals surface area contributed by atoms with Crippen LogP contribution in [-0.2, 0) is 0 Å². The van der Waals surface area contributed by atoms with Gasteiger partial charge in [-0.1, -0.05) is 78.9 Å². The van der Waals surface area contributed by atoms with Crippen molar-refractivity contribution in [3.05, 3.63) is 113 Å². The molecular weight excluding hydrogens is 373 g/mol. The molecule has 1 aromatic heterocycles. The van der Waals surface area contributed by atoms with Crippen molar-refractivity contribution in [2.45, 2.75) is 5.38 Å². The summed E-state index contributed by atoms with van der Waals surface area (Å²) in [5.74, 6) is 0. The Labute approximate surface area is 170 Å². The fraction of sp³-hybridized carbons (Fsp3) is 0.0417. The first kappa shape index (κ1) is 19.2. The van der Waals surface area contributed by atoms with E-state index in [2.05, 4.69) is 53.5 Å². The monoisotopic (exact) mass is 391 g/mol. The van der Waals surface area contributed by atoms with Crippen LogP contribution < -0.4 is 0 Å². The molecule has 1 unspecified atom stereocenters. The van der Waals surface area contributed by atoms with Crippen LogP contribution in [0.25, 0.3) is 23.1 Å². The summed E-state index contributed by atoms with van der Waals surface area (Å²) in [6.07, 6.45) is 4.12. The van der Waals surface area contributed by atoms with Gasteiger partial charge in [-0.05, 0) is 41.0 Å². The van der Waals surface area contributed by atoms with Gasteiger partial charge in [0, 0.05) is 5.39 Å². The summed E-state index contributed by atoms with van der Waals surface area (Å²) in [6, 6.07) is 30.7. The van der Waals surface area contributed by atoms with Crippen molar-refractivity contribution in [3.8, 4) is 0 Å². The molecule has 134 valence electrons. The minimum absolute atomic E-state index is 0. The summed E-state index contributed by atoms with van der Waals surface area (Å²) in [6.45, 7) is 0. The van der Waals surface area contributed by atoms with Crippen molar-refractivity contribution in [1.82, 2.24) is 4.98 Å². The Bertz CT molecular complexity index is 1060. The Morgan fingerprint density at radius 3 is 2.30 bits per heavy atom. The third-order valence-electron chi connectivity index (χ3n) is 4.36. The first-order valence-corrected chi connectivity index (χ1v) is 9.06. The van der Waals surface area contributed by atoms with E-state index in [1.165, 1.54) is 0 Å². The smallest absolute Gasteiger partial charge is 0.0835 e. The number of hydrogen-bond donors (Lipinski definition) is 0. The van der Waals surface area contributed by atoms with Crippen LogP contribution in [0.4, 0.5) is 0 Å². The summed E-state index contributed by atoms with van der Waals surface area (Å²) in [7, 11) is 0. The van der Waals surface area contributed by atoms with E-state index in [9.17, 15) is 0 Å². The molecule has 0 saturated carbocycles. The summed E-state index contributed by atoms with van der Waals surface area (Å²) >= 11 is 6.65. The first-order valence-electron chi connectivity index (χ1n) is 8.62. The van der Waals surface area contributed by atoms with Crippen LogP contribution >= 0.6 is 24.0 Å². The molecule has 0 aliphatic carbocycles. The number of para-hydroxylation sites is 1. The molecule has 0 bridgehead atoms. The normalized spacial score (nSPS) is 12.0. The van der Waals surface area contributed by atoms with Gasteiger partial charge in [0.1, 0.15) is 0 Å². The zero-order chi connectivity index (χ0) is 17.8. The van der Waals surface area contributed by atoms with Gasteiger partial charge in [-0.25, -0.2) is 4.98 Å². The van der Waals surface area contributed by atoms with Gasteiger partial charge in [-0.3, -0.25) is 0 Å². The largest absolute Gasteiger partial charge is 0.248 e. The first-order chi connectivity index (χ1) is 12.8. The lowest BCUT2D eigenvalue weighted by Crippen LogP contribution is -1.93. The minimum Gasteiger partial charge on any atom is -0.248 e. The molecule has 0 amide bonds. The minimum atomic E-state index is -0.150. The molecule has 0 radical (unpaired) electrons. The van der Waals surface area contributed by atoms with Crippen molar-refractivity contribution in [3.63, 3.8) is 0 Å². The molecule has 3 aromatic carbocycles. The van der Waals surface area contributed by atoms with Gasteiger partial charge in [-0.2, -0.15) is 0 Å². The Morgan fingerprint density at radius 2 is 1.44 bits per heavy atom. The van der Waals surface area contributed by atoms with E-state index in [1.807, 2.05) is 54.6 Å². The summed E-state index contributed by atoms with van der Waals surface area (Å²) in [5.41, 5.74) is 5.25. The van der Waals surface area contributed by atoms with Gasteiger partial charge in [0.25, 0.3) is 0 Å². The van der Waals surface area contributed by atoms with E-state index in [0.29, 0.717) is 0 Å². The maximum atomic E-state index is 6.65. The topological polar surface area (TPSA) is 12.9 Å². The zero-order valence-electron chi connectivity index (χ0n) is 14.6. The molecule has 4 aromatic rings. The molecule has 0 N–H and O–H groups in total. The molecule has 3 heteroatoms. The molecule has 1 atom stereocenters. The predicted molar refractivity (Wildman–Crippen MR) is 118 cm³/mol. The summed E-state index contributed by atoms with van der Waals surface area (Å²) < 4.78 is 0. The van der Waals surface area contributed by atoms with E-state index >= 15 is 0 Å². The molecule has 27 heavy (non-hydrogen) atoms. The molecule has 0 aliphatic heterocycles. The van der Waals surface area contributed by atoms with Crippen LogP contribution in [0.2, 0.25) is 0 Å². The summed E-state index contributed by atoms with van der Waals surface area (Å²) in [4.78, 5) is 4.68. The highest BCUT2D eigenvalue weighted by molar-refractivity contribution is 6.22. The summed E-state index contributed by atoms with van der Waals surface area (Å²) in [5, 5.41) is 1.00. The van der Waals surface area contributed by atoms with Crippen molar-refractivity contribution < 1.29 is 0 Å². The second kappa shape index (κ2) is 8.85. The van der Waals surface area contributed by atoms with Gasteiger partial charge >= 0.3 is 0 Å². The molecule has 4 rings (SSSR count). The number of hydrogen-bond acceptors (Lipinski definition) is 1. The molecule has 0 fully saturated rings. The Morgan fingerprint density at radius 1 is 0.704 bits per heavy atom. The maximum Gasteiger partial charge on any atom is 0.0835 e. The fourth-order valence-corrected chi connectivity index (χ4v) is 3.27. The Balaban J connectivity index is 0.00000210. The van der Waals surface area contributed by atoms with E-state index < -0.39 is 0 Å². The number of benzene rings is 3. The molecule has 0 saturated heterocycles. The van der Waals surface area contributed by atoms with Crippen LogP contribution in [0.5, 0.6) is 0 Å². The zero-order valence-corrected chi connectivity index (χ0v) is 16.2. The van der Waals surface area contributed by atoms with Crippen LogP contribution in [0, 0.1) is 0 Å². The third-order valence-corrected chi connectivity index (χ3v) is 4.87. The lowest BCUT2D eigenvalue weighted by molar-refractivity contribution is 1.14. The van der Waals surface area contributed by atoms with Gasteiger partial charge in [0.15, 0.2) is 0 Å². The van der Waals surface area contributed by atoms with E-state index in [-0.39, 0.29) is 17.8 Å². The number of fused-ring (bicyclic) bond motifs is 1. The van der Waals surface area contributed by atoms with E-state index in [4.69, 9.17) is 11.6 Å². The number of rotatable bonds is 4. The third kappa shape index (κ3) is 4.57. The standard InChI is InChI=1S/C24H18ClN.ClH/c25-24(20-9-2-1-3-10-20)21-11-6-7-18(17-21)13-15-22-16-14-19-8-4-5-12-23(19)26-22;/h1-17,24H;1H. The highest BCUT2D eigenvalue weighted by Gasteiger charge is 2.10. The fourth-order valence-electron chi connectivity index (χ4n) is 2.99. The van der Waals surface area contributed by atoms with Crippen molar-refractivity contribution in [2.75, 3.05) is 0 Å². The van der Waals surface area contributed by atoms with Gasteiger partial charge < -0.3 is 0 Å². The molecular formula is C24H19Cl2N.